The number of hydrogen-bond acceptors (Lipinski definition) is 2. The van der Waals surface area contributed by atoms with Crippen LogP contribution in [0, 0.1) is 0 Å². The second-order valence-electron chi connectivity index (χ2n) is 5.30. The Balaban J connectivity index is 1.51. The van der Waals surface area contributed by atoms with Crippen LogP contribution in [0.5, 0.6) is 0 Å². The van der Waals surface area contributed by atoms with Gasteiger partial charge in [-0.3, -0.25) is 4.84 Å². The van der Waals surface area contributed by atoms with Crippen LogP contribution >= 0.6 is 0 Å². The van der Waals surface area contributed by atoms with Gasteiger partial charge in [-0.05, 0) is 48.8 Å². The first-order chi connectivity index (χ1) is 8.42. The summed E-state index contributed by atoms with van der Waals surface area (Å²) in [6.45, 7) is 0.837. The highest BCUT2D eigenvalue weighted by Crippen LogP contribution is 2.23. The number of benzene rings is 1. The highest BCUT2D eigenvalue weighted by atomic mass is 16.7. The molecule has 1 aromatic rings. The minimum absolute atomic E-state index is 0.449. The Morgan fingerprint density at radius 1 is 1.06 bits per heavy atom. The van der Waals surface area contributed by atoms with E-state index in [0.29, 0.717) is 6.10 Å². The fraction of sp³-hybridized carbons (Fsp3) is 0.600. The maximum Gasteiger partial charge on any atom is 0.0790 e. The molecule has 17 heavy (non-hydrogen) atoms. The fourth-order valence-electron chi connectivity index (χ4n) is 2.98. The Morgan fingerprint density at radius 3 is 2.76 bits per heavy atom. The van der Waals surface area contributed by atoms with Gasteiger partial charge in [-0.2, -0.15) is 5.48 Å². The number of hydroxylamine groups is 1. The van der Waals surface area contributed by atoms with Gasteiger partial charge in [0.25, 0.3) is 0 Å². The molecule has 1 N–H and O–H groups in total. The Morgan fingerprint density at radius 2 is 1.88 bits per heavy atom. The molecule has 0 bridgehead atoms. The summed E-state index contributed by atoms with van der Waals surface area (Å²) in [4.78, 5) is 5.68. The van der Waals surface area contributed by atoms with Gasteiger partial charge >= 0.3 is 0 Å². The molecule has 0 aliphatic heterocycles. The van der Waals surface area contributed by atoms with Gasteiger partial charge in [0.15, 0.2) is 0 Å². The molecule has 2 aliphatic rings. The van der Waals surface area contributed by atoms with Crippen molar-refractivity contribution in [1.29, 1.82) is 0 Å². The molecule has 3 rings (SSSR count). The predicted octanol–water partition coefficient (Wildman–Crippen LogP) is 3.14. The molecule has 0 aromatic heterocycles. The smallest absolute Gasteiger partial charge is 0.0790 e. The lowest BCUT2D eigenvalue weighted by atomic mass is 10.1. The summed E-state index contributed by atoms with van der Waals surface area (Å²) in [6.07, 6.45) is 9.38. The molecule has 0 spiro atoms. The Hall–Kier alpha value is -0.860. The van der Waals surface area contributed by atoms with Crippen molar-refractivity contribution in [3.8, 4) is 0 Å². The van der Waals surface area contributed by atoms with Crippen LogP contribution in [0.25, 0.3) is 0 Å². The maximum absolute atomic E-state index is 5.68. The van der Waals surface area contributed by atoms with Crippen molar-refractivity contribution in [2.24, 2.45) is 0 Å². The molecular weight excluding hydrogens is 210 g/mol. The van der Waals surface area contributed by atoms with Crippen molar-refractivity contribution in [1.82, 2.24) is 5.48 Å². The second-order valence-corrected chi connectivity index (χ2v) is 5.30. The zero-order chi connectivity index (χ0) is 11.5. The van der Waals surface area contributed by atoms with E-state index in [1.807, 2.05) is 0 Å². The van der Waals surface area contributed by atoms with Crippen LogP contribution in [0.3, 0.4) is 0 Å². The maximum atomic E-state index is 5.68. The van der Waals surface area contributed by atoms with Crippen LogP contribution in [0.4, 0.5) is 0 Å². The minimum Gasteiger partial charge on any atom is -0.298 e. The third-order valence-corrected chi connectivity index (χ3v) is 3.99. The van der Waals surface area contributed by atoms with Crippen molar-refractivity contribution in [3.05, 3.63) is 34.9 Å². The van der Waals surface area contributed by atoms with Gasteiger partial charge in [0, 0.05) is 6.54 Å². The van der Waals surface area contributed by atoms with Crippen molar-refractivity contribution in [2.45, 2.75) is 57.6 Å². The lowest BCUT2D eigenvalue weighted by Crippen LogP contribution is -2.21. The topological polar surface area (TPSA) is 21.3 Å². The van der Waals surface area contributed by atoms with Crippen molar-refractivity contribution in [3.63, 3.8) is 0 Å². The number of hydrogen-bond donors (Lipinski definition) is 1. The highest BCUT2D eigenvalue weighted by molar-refractivity contribution is 5.35. The first-order valence-electron chi connectivity index (χ1n) is 6.91. The summed E-state index contributed by atoms with van der Waals surface area (Å²) < 4.78 is 0. The van der Waals surface area contributed by atoms with Gasteiger partial charge in [-0.1, -0.05) is 31.0 Å². The van der Waals surface area contributed by atoms with Crippen molar-refractivity contribution >= 4 is 0 Å². The van der Waals surface area contributed by atoms with Gasteiger partial charge in [-0.15, -0.1) is 0 Å². The van der Waals surface area contributed by atoms with Crippen LogP contribution in [0.1, 0.15) is 48.8 Å². The van der Waals surface area contributed by atoms with E-state index in [2.05, 4.69) is 23.7 Å². The van der Waals surface area contributed by atoms with E-state index in [-0.39, 0.29) is 0 Å². The quantitative estimate of drug-likeness (QED) is 0.804. The lowest BCUT2D eigenvalue weighted by molar-refractivity contribution is -0.0244. The van der Waals surface area contributed by atoms with E-state index in [9.17, 15) is 0 Å². The Labute approximate surface area is 103 Å². The molecule has 92 valence electrons. The van der Waals surface area contributed by atoms with Gasteiger partial charge < -0.3 is 0 Å². The molecule has 0 unspecified atom stereocenters. The molecule has 1 fully saturated rings. The molecule has 0 radical (unpaired) electrons. The Bertz CT molecular complexity index is 383. The third kappa shape index (κ3) is 2.70. The zero-order valence-corrected chi connectivity index (χ0v) is 10.4. The zero-order valence-electron chi connectivity index (χ0n) is 10.4. The summed E-state index contributed by atoms with van der Waals surface area (Å²) in [7, 11) is 0. The average molecular weight is 231 g/mol. The molecule has 0 atom stereocenters. The minimum atomic E-state index is 0.449. The summed E-state index contributed by atoms with van der Waals surface area (Å²) >= 11 is 0. The molecule has 2 aliphatic carbocycles. The summed E-state index contributed by atoms with van der Waals surface area (Å²) in [5.74, 6) is 0. The molecule has 0 heterocycles. The molecule has 1 aromatic carbocycles. The molecule has 0 saturated heterocycles. The van der Waals surface area contributed by atoms with Crippen molar-refractivity contribution < 1.29 is 4.84 Å². The summed E-state index contributed by atoms with van der Waals surface area (Å²) in [5, 5.41) is 0. The van der Waals surface area contributed by atoms with E-state index in [4.69, 9.17) is 4.84 Å². The molecule has 2 nitrogen and oxygen atoms in total. The summed E-state index contributed by atoms with van der Waals surface area (Å²) in [6, 6.07) is 6.86. The largest absolute Gasteiger partial charge is 0.298 e. The first-order valence-corrected chi connectivity index (χ1v) is 6.91. The molecular formula is C15H21NO. The summed E-state index contributed by atoms with van der Waals surface area (Å²) in [5.41, 5.74) is 7.58. The molecule has 2 heteroatoms. The van der Waals surface area contributed by atoms with E-state index in [1.165, 1.54) is 50.5 Å². The van der Waals surface area contributed by atoms with E-state index >= 15 is 0 Å². The van der Waals surface area contributed by atoms with Crippen LogP contribution in [0.2, 0.25) is 0 Å². The van der Waals surface area contributed by atoms with Gasteiger partial charge in [0.2, 0.25) is 0 Å². The monoisotopic (exact) mass is 231 g/mol. The number of fused-ring (bicyclic) bond motifs is 1. The normalized spacial score (nSPS) is 19.8. The fourth-order valence-corrected chi connectivity index (χ4v) is 2.98. The van der Waals surface area contributed by atoms with Crippen LogP contribution < -0.4 is 5.48 Å². The van der Waals surface area contributed by atoms with Gasteiger partial charge in [0.1, 0.15) is 0 Å². The predicted molar refractivity (Wildman–Crippen MR) is 68.6 cm³/mol. The number of rotatable bonds is 4. The van der Waals surface area contributed by atoms with Crippen LogP contribution in [0.15, 0.2) is 18.2 Å². The van der Waals surface area contributed by atoms with E-state index in [1.54, 1.807) is 11.1 Å². The molecule has 0 amide bonds. The number of aryl methyl sites for hydroxylation is 2. The first kappa shape index (κ1) is 11.2. The van der Waals surface area contributed by atoms with Crippen molar-refractivity contribution in [2.75, 3.05) is 0 Å². The second kappa shape index (κ2) is 5.19. The Kier molecular flexibility index (Phi) is 3.44. The number of nitrogens with one attached hydrogen (secondary N) is 1. The van der Waals surface area contributed by atoms with Gasteiger partial charge in [-0.25, -0.2) is 0 Å². The lowest BCUT2D eigenvalue weighted by Gasteiger charge is -2.12. The van der Waals surface area contributed by atoms with Crippen LogP contribution in [-0.2, 0) is 24.2 Å². The van der Waals surface area contributed by atoms with Gasteiger partial charge in [0.05, 0.1) is 6.10 Å². The average Bonchev–Trinajstić information content (AvgIpc) is 2.98. The highest BCUT2D eigenvalue weighted by Gasteiger charge is 2.15. The third-order valence-electron chi connectivity index (χ3n) is 3.99. The van der Waals surface area contributed by atoms with Crippen LogP contribution in [-0.4, -0.2) is 6.10 Å². The van der Waals surface area contributed by atoms with E-state index in [0.717, 1.165) is 6.54 Å². The SMILES string of the molecule is c1cc2c(cc1CNOC1CCCC1)CCC2. The standard InChI is InChI=1S/C15H21NO/c1-2-7-15(6-1)17-16-11-12-8-9-13-4-3-5-14(13)10-12/h8-10,15-16H,1-7,11H2. The molecule has 1 saturated carbocycles. The van der Waals surface area contributed by atoms with E-state index < -0.39 is 0 Å².